The predicted molar refractivity (Wildman–Crippen MR) is 72.2 cm³/mol. The molecule has 0 saturated heterocycles. The fourth-order valence-corrected chi connectivity index (χ4v) is 1.44. The van der Waals surface area contributed by atoms with Crippen molar-refractivity contribution in [3.05, 3.63) is 35.4 Å². The molecule has 1 aromatic carbocycles. The van der Waals surface area contributed by atoms with E-state index < -0.39 is 17.5 Å². The highest BCUT2D eigenvalue weighted by Gasteiger charge is 2.23. The second-order valence-electron chi connectivity index (χ2n) is 5.18. The van der Waals surface area contributed by atoms with Gasteiger partial charge in [0.25, 0.3) is 0 Å². The van der Waals surface area contributed by atoms with Gasteiger partial charge in [-0.3, -0.25) is 0 Å². The van der Waals surface area contributed by atoms with Crippen molar-refractivity contribution in [3.63, 3.8) is 0 Å². The van der Waals surface area contributed by atoms with Crippen molar-refractivity contribution in [3.8, 4) is 0 Å². The average molecular weight is 264 g/mol. The summed E-state index contributed by atoms with van der Waals surface area (Å²) in [5.41, 5.74) is -0.124. The second kappa shape index (κ2) is 6.36. The van der Waals surface area contributed by atoms with Crippen LogP contribution < -0.4 is 0 Å². The molecule has 0 fully saturated rings. The standard InChI is InChI=1S/C15H20O4/c1-5-10-18-13(16)11-8-6-7-9-12(11)14(17)19-15(2,3)4/h6-9H,5,10H2,1-4H3. The molecular formula is C15H20O4. The lowest BCUT2D eigenvalue weighted by Crippen LogP contribution is -2.25. The van der Waals surface area contributed by atoms with Crippen LogP contribution in [-0.2, 0) is 9.47 Å². The van der Waals surface area contributed by atoms with Gasteiger partial charge in [-0.2, -0.15) is 0 Å². The summed E-state index contributed by atoms with van der Waals surface area (Å²) in [5.74, 6) is -1.01. The Morgan fingerprint density at radius 3 is 2.05 bits per heavy atom. The lowest BCUT2D eigenvalue weighted by Gasteiger charge is -2.20. The smallest absolute Gasteiger partial charge is 0.339 e. The van der Waals surface area contributed by atoms with Crippen LogP contribution in [0.1, 0.15) is 54.8 Å². The van der Waals surface area contributed by atoms with E-state index in [1.165, 1.54) is 0 Å². The maximum absolute atomic E-state index is 12.0. The van der Waals surface area contributed by atoms with E-state index in [0.29, 0.717) is 6.61 Å². The van der Waals surface area contributed by atoms with Crippen LogP contribution in [-0.4, -0.2) is 24.1 Å². The van der Waals surface area contributed by atoms with Crippen molar-refractivity contribution < 1.29 is 19.1 Å². The van der Waals surface area contributed by atoms with E-state index >= 15 is 0 Å². The molecule has 0 N–H and O–H groups in total. The van der Waals surface area contributed by atoms with Gasteiger partial charge in [0, 0.05) is 0 Å². The summed E-state index contributed by atoms with van der Waals surface area (Å²) in [6.07, 6.45) is 0.736. The molecule has 0 aliphatic heterocycles. The highest BCUT2D eigenvalue weighted by Crippen LogP contribution is 2.16. The SMILES string of the molecule is CCCOC(=O)c1ccccc1C(=O)OC(C)(C)C. The molecule has 1 rings (SSSR count). The summed E-state index contributed by atoms with van der Waals surface area (Å²) in [6, 6.07) is 6.51. The number of carbonyl (C=O) groups excluding carboxylic acids is 2. The first-order valence-corrected chi connectivity index (χ1v) is 6.34. The molecule has 0 heterocycles. The molecule has 0 aliphatic rings. The second-order valence-corrected chi connectivity index (χ2v) is 5.18. The largest absolute Gasteiger partial charge is 0.462 e. The molecular weight excluding hydrogens is 244 g/mol. The van der Waals surface area contributed by atoms with Gasteiger partial charge in [0.2, 0.25) is 0 Å². The Hall–Kier alpha value is -1.84. The quantitative estimate of drug-likeness (QED) is 0.783. The molecule has 0 radical (unpaired) electrons. The third kappa shape index (κ3) is 4.73. The van der Waals surface area contributed by atoms with E-state index in [-0.39, 0.29) is 11.1 Å². The first-order valence-electron chi connectivity index (χ1n) is 6.34. The van der Waals surface area contributed by atoms with Gasteiger partial charge >= 0.3 is 11.9 Å². The minimum atomic E-state index is -0.600. The minimum absolute atomic E-state index is 0.235. The zero-order chi connectivity index (χ0) is 14.5. The molecule has 1 aromatic rings. The van der Waals surface area contributed by atoms with Crippen molar-refractivity contribution >= 4 is 11.9 Å². The van der Waals surface area contributed by atoms with Gasteiger partial charge in [-0.15, -0.1) is 0 Å². The number of ether oxygens (including phenoxy) is 2. The maximum Gasteiger partial charge on any atom is 0.339 e. The van der Waals surface area contributed by atoms with E-state index in [4.69, 9.17) is 9.47 Å². The number of hydrogen-bond donors (Lipinski definition) is 0. The summed E-state index contributed by atoms with van der Waals surface area (Å²) < 4.78 is 10.3. The maximum atomic E-state index is 12.0. The highest BCUT2D eigenvalue weighted by atomic mass is 16.6. The predicted octanol–water partition coefficient (Wildman–Crippen LogP) is 3.21. The minimum Gasteiger partial charge on any atom is -0.462 e. The first-order chi connectivity index (χ1) is 8.85. The summed E-state index contributed by atoms with van der Waals surface area (Å²) in [7, 11) is 0. The normalized spacial score (nSPS) is 10.9. The monoisotopic (exact) mass is 264 g/mol. The van der Waals surface area contributed by atoms with Gasteiger partial charge in [-0.25, -0.2) is 9.59 Å². The molecule has 4 nitrogen and oxygen atoms in total. The van der Waals surface area contributed by atoms with E-state index in [1.807, 2.05) is 6.92 Å². The number of rotatable bonds is 4. The van der Waals surface area contributed by atoms with Crippen molar-refractivity contribution in [2.45, 2.75) is 39.7 Å². The summed E-state index contributed by atoms with van der Waals surface area (Å²) in [5, 5.41) is 0. The highest BCUT2D eigenvalue weighted by molar-refractivity contribution is 6.03. The average Bonchev–Trinajstić information content (AvgIpc) is 2.34. The van der Waals surface area contributed by atoms with Crippen LogP contribution in [0.25, 0.3) is 0 Å². The third-order valence-electron chi connectivity index (χ3n) is 2.20. The zero-order valence-corrected chi connectivity index (χ0v) is 11.9. The van der Waals surface area contributed by atoms with Crippen molar-refractivity contribution in [2.24, 2.45) is 0 Å². The van der Waals surface area contributed by atoms with Crippen LogP contribution in [0, 0.1) is 0 Å². The van der Waals surface area contributed by atoms with Gasteiger partial charge < -0.3 is 9.47 Å². The van der Waals surface area contributed by atoms with Crippen LogP contribution in [0.5, 0.6) is 0 Å². The molecule has 0 amide bonds. The molecule has 104 valence electrons. The molecule has 4 heteroatoms. The lowest BCUT2D eigenvalue weighted by molar-refractivity contribution is 0.00642. The summed E-state index contributed by atoms with van der Waals surface area (Å²) >= 11 is 0. The van der Waals surface area contributed by atoms with E-state index in [0.717, 1.165) is 6.42 Å². The van der Waals surface area contributed by atoms with Gasteiger partial charge in [-0.05, 0) is 39.3 Å². The Balaban J connectivity index is 2.95. The van der Waals surface area contributed by atoms with Gasteiger partial charge in [-0.1, -0.05) is 19.1 Å². The van der Waals surface area contributed by atoms with Crippen molar-refractivity contribution in [2.75, 3.05) is 6.61 Å². The molecule has 0 spiro atoms. The van der Waals surface area contributed by atoms with E-state index in [2.05, 4.69) is 0 Å². The number of hydrogen-bond acceptors (Lipinski definition) is 4. The Labute approximate surface area is 113 Å². The molecule has 0 saturated carbocycles. The molecule has 0 bridgehead atoms. The van der Waals surface area contributed by atoms with Gasteiger partial charge in [0.05, 0.1) is 17.7 Å². The first kappa shape index (κ1) is 15.2. The van der Waals surface area contributed by atoms with Crippen molar-refractivity contribution in [1.29, 1.82) is 0 Å². The van der Waals surface area contributed by atoms with Crippen LogP contribution in [0.4, 0.5) is 0 Å². The molecule has 0 aromatic heterocycles. The van der Waals surface area contributed by atoms with Crippen LogP contribution in [0.2, 0.25) is 0 Å². The Kier molecular flexibility index (Phi) is 5.10. The summed E-state index contributed by atoms with van der Waals surface area (Å²) in [4.78, 5) is 23.9. The molecule has 19 heavy (non-hydrogen) atoms. The Morgan fingerprint density at radius 1 is 1.05 bits per heavy atom. The number of carbonyl (C=O) groups is 2. The lowest BCUT2D eigenvalue weighted by atomic mass is 10.1. The van der Waals surface area contributed by atoms with Crippen LogP contribution in [0.15, 0.2) is 24.3 Å². The van der Waals surface area contributed by atoms with Gasteiger partial charge in [0.1, 0.15) is 5.60 Å². The Morgan fingerprint density at radius 2 is 1.58 bits per heavy atom. The summed E-state index contributed by atoms with van der Waals surface area (Å²) in [6.45, 7) is 7.59. The molecule has 0 aliphatic carbocycles. The molecule has 0 atom stereocenters. The van der Waals surface area contributed by atoms with Crippen LogP contribution >= 0.6 is 0 Å². The van der Waals surface area contributed by atoms with E-state index in [1.54, 1.807) is 45.0 Å². The third-order valence-corrected chi connectivity index (χ3v) is 2.20. The number of benzene rings is 1. The fraction of sp³-hybridized carbons (Fsp3) is 0.467. The van der Waals surface area contributed by atoms with Crippen molar-refractivity contribution in [1.82, 2.24) is 0 Å². The zero-order valence-electron chi connectivity index (χ0n) is 11.9. The van der Waals surface area contributed by atoms with E-state index in [9.17, 15) is 9.59 Å². The topological polar surface area (TPSA) is 52.6 Å². The number of esters is 2. The Bertz CT molecular complexity index is 457. The van der Waals surface area contributed by atoms with Gasteiger partial charge in [0.15, 0.2) is 0 Å². The fourth-order valence-electron chi connectivity index (χ4n) is 1.44. The molecule has 0 unspecified atom stereocenters. The van der Waals surface area contributed by atoms with Crippen LogP contribution in [0.3, 0.4) is 0 Å².